The number of nitrogens with zero attached hydrogens (tertiary/aromatic N) is 4. The number of carbonyl (C=O) groups excluding carboxylic acids is 1. The molecule has 0 bridgehead atoms. The lowest BCUT2D eigenvalue weighted by molar-refractivity contribution is 0.0944. The van der Waals surface area contributed by atoms with Crippen molar-refractivity contribution in [1.29, 1.82) is 0 Å². The summed E-state index contributed by atoms with van der Waals surface area (Å²) in [6, 6.07) is 18.8. The third kappa shape index (κ3) is 6.09. The fourth-order valence-corrected chi connectivity index (χ4v) is 3.51. The predicted molar refractivity (Wildman–Crippen MR) is 131 cm³/mol. The largest absolute Gasteiger partial charge is 0.494 e. The molecule has 9 nitrogen and oxygen atoms in total. The minimum Gasteiger partial charge on any atom is -0.494 e. The Morgan fingerprint density at radius 3 is 2.44 bits per heavy atom. The van der Waals surface area contributed by atoms with Crippen molar-refractivity contribution in [2.45, 2.75) is 20.0 Å². The summed E-state index contributed by atoms with van der Waals surface area (Å²) in [6.45, 7) is 2.75. The third-order valence-electron chi connectivity index (χ3n) is 5.26. The molecule has 184 valence electrons. The Morgan fingerprint density at radius 1 is 0.944 bits per heavy atom. The molecule has 10 heteroatoms. The molecule has 1 amide bonds. The zero-order valence-electron chi connectivity index (χ0n) is 19.6. The maximum Gasteiger partial charge on any atom is 0.271 e. The van der Waals surface area contributed by atoms with E-state index in [0.29, 0.717) is 17.9 Å². The number of halogens is 1. The summed E-state index contributed by atoms with van der Waals surface area (Å²) >= 11 is 0. The average Bonchev–Trinajstić information content (AvgIpc) is 2.87. The molecule has 0 aliphatic heterocycles. The number of ether oxygens (including phenoxy) is 1. The van der Waals surface area contributed by atoms with E-state index in [1.165, 1.54) is 41.1 Å². The number of aromatic nitrogens is 4. The van der Waals surface area contributed by atoms with E-state index in [0.717, 1.165) is 16.0 Å². The summed E-state index contributed by atoms with van der Waals surface area (Å²) in [5, 5.41) is 11.2. The van der Waals surface area contributed by atoms with Crippen LogP contribution >= 0.6 is 0 Å². The Kier molecular flexibility index (Phi) is 7.64. The fourth-order valence-electron chi connectivity index (χ4n) is 3.51. The van der Waals surface area contributed by atoms with Crippen molar-refractivity contribution in [1.82, 2.24) is 24.9 Å². The highest BCUT2D eigenvalue weighted by atomic mass is 19.1. The molecule has 0 unspecified atom stereocenters. The molecule has 0 saturated heterocycles. The fraction of sp³-hybridized carbons (Fsp3) is 0.192. The van der Waals surface area contributed by atoms with Gasteiger partial charge in [-0.25, -0.2) is 13.8 Å². The SMILES string of the molecule is CCOc1ccc(-c2ccc(=O)n(CCNC(=O)c3ccc(=O)n(Cc4cccc(F)c4)n3)n2)cc1. The van der Waals surface area contributed by atoms with Crippen LogP contribution in [0.25, 0.3) is 11.3 Å². The molecule has 0 aliphatic carbocycles. The van der Waals surface area contributed by atoms with Crippen molar-refractivity contribution < 1.29 is 13.9 Å². The minimum atomic E-state index is -0.515. The lowest BCUT2D eigenvalue weighted by Crippen LogP contribution is -2.34. The van der Waals surface area contributed by atoms with Crippen molar-refractivity contribution in [3.63, 3.8) is 0 Å². The van der Waals surface area contributed by atoms with E-state index >= 15 is 0 Å². The maximum absolute atomic E-state index is 13.4. The van der Waals surface area contributed by atoms with Gasteiger partial charge in [0.15, 0.2) is 0 Å². The summed E-state index contributed by atoms with van der Waals surface area (Å²) in [7, 11) is 0. The predicted octanol–water partition coefficient (Wildman–Crippen LogP) is 2.48. The minimum absolute atomic E-state index is 0.0226. The molecule has 4 rings (SSSR count). The van der Waals surface area contributed by atoms with Crippen molar-refractivity contribution >= 4 is 5.91 Å². The maximum atomic E-state index is 13.4. The third-order valence-corrected chi connectivity index (χ3v) is 5.26. The van der Waals surface area contributed by atoms with Crippen molar-refractivity contribution in [3.8, 4) is 17.0 Å². The van der Waals surface area contributed by atoms with Crippen LogP contribution in [0.5, 0.6) is 5.75 Å². The standard InChI is InChI=1S/C26H24FN5O4/c1-2-36-21-8-6-19(7-9-21)22-10-12-24(33)31(29-22)15-14-28-26(35)23-11-13-25(34)32(30-23)17-18-4-3-5-20(27)16-18/h3-13,16H,2,14-15,17H2,1H3,(H,28,35). The molecular formula is C26H24FN5O4. The Hall–Kier alpha value is -4.60. The molecule has 0 aliphatic rings. The first-order valence-electron chi connectivity index (χ1n) is 11.3. The summed E-state index contributed by atoms with van der Waals surface area (Å²) in [5.74, 6) is -0.197. The second kappa shape index (κ2) is 11.2. The van der Waals surface area contributed by atoms with Gasteiger partial charge in [-0.1, -0.05) is 12.1 Å². The second-order valence-electron chi connectivity index (χ2n) is 7.84. The zero-order valence-corrected chi connectivity index (χ0v) is 19.6. The van der Waals surface area contributed by atoms with E-state index in [1.54, 1.807) is 12.1 Å². The van der Waals surface area contributed by atoms with Gasteiger partial charge in [-0.05, 0) is 61.0 Å². The van der Waals surface area contributed by atoms with Gasteiger partial charge in [0.05, 0.1) is 25.4 Å². The Bertz CT molecular complexity index is 1480. The van der Waals surface area contributed by atoms with Gasteiger partial charge in [0, 0.05) is 24.2 Å². The highest BCUT2D eigenvalue weighted by Gasteiger charge is 2.11. The van der Waals surface area contributed by atoms with Gasteiger partial charge in [0.25, 0.3) is 17.0 Å². The monoisotopic (exact) mass is 489 g/mol. The quantitative estimate of drug-likeness (QED) is 0.387. The summed E-state index contributed by atoms with van der Waals surface area (Å²) in [4.78, 5) is 37.0. The highest BCUT2D eigenvalue weighted by Crippen LogP contribution is 2.19. The normalized spacial score (nSPS) is 10.7. The molecule has 0 radical (unpaired) electrons. The van der Waals surface area contributed by atoms with Crippen LogP contribution in [0, 0.1) is 5.82 Å². The van der Waals surface area contributed by atoms with Gasteiger partial charge in [0.1, 0.15) is 17.3 Å². The van der Waals surface area contributed by atoms with Gasteiger partial charge in [-0.15, -0.1) is 0 Å². The number of rotatable bonds is 9. The van der Waals surface area contributed by atoms with Crippen LogP contribution in [0.15, 0.2) is 82.4 Å². The number of nitrogens with one attached hydrogen (secondary N) is 1. The molecule has 2 aromatic heterocycles. The first-order chi connectivity index (χ1) is 17.4. The Labute approximate surface area is 205 Å². The van der Waals surface area contributed by atoms with Crippen LogP contribution < -0.4 is 21.2 Å². The Morgan fingerprint density at radius 2 is 1.69 bits per heavy atom. The van der Waals surface area contributed by atoms with Crippen LogP contribution in [0.1, 0.15) is 23.0 Å². The summed E-state index contributed by atoms with van der Waals surface area (Å²) in [5.41, 5.74) is 1.27. The molecular weight excluding hydrogens is 465 g/mol. The lowest BCUT2D eigenvalue weighted by Gasteiger charge is -2.10. The number of hydrogen-bond donors (Lipinski definition) is 1. The van der Waals surface area contributed by atoms with Crippen LogP contribution in [-0.2, 0) is 13.1 Å². The van der Waals surface area contributed by atoms with Crippen molar-refractivity contribution in [2.75, 3.05) is 13.2 Å². The topological polar surface area (TPSA) is 108 Å². The average molecular weight is 490 g/mol. The Balaban J connectivity index is 1.41. The number of hydrogen-bond acceptors (Lipinski definition) is 6. The van der Waals surface area contributed by atoms with E-state index < -0.39 is 17.3 Å². The van der Waals surface area contributed by atoms with E-state index in [9.17, 15) is 18.8 Å². The van der Waals surface area contributed by atoms with Crippen LogP contribution in [-0.4, -0.2) is 38.6 Å². The number of carbonyl (C=O) groups is 1. The zero-order chi connectivity index (χ0) is 25.5. The summed E-state index contributed by atoms with van der Waals surface area (Å²) < 4.78 is 21.3. The van der Waals surface area contributed by atoms with Crippen molar-refractivity contribution in [2.24, 2.45) is 0 Å². The first kappa shape index (κ1) is 24.5. The van der Waals surface area contributed by atoms with Crippen molar-refractivity contribution in [3.05, 3.63) is 111 Å². The van der Waals surface area contributed by atoms with E-state index in [2.05, 4.69) is 15.5 Å². The van der Waals surface area contributed by atoms with E-state index in [-0.39, 0.29) is 30.9 Å². The first-order valence-corrected chi connectivity index (χ1v) is 11.3. The molecule has 0 saturated carbocycles. The van der Waals surface area contributed by atoms with Gasteiger partial charge < -0.3 is 10.1 Å². The van der Waals surface area contributed by atoms with Gasteiger partial charge in [0.2, 0.25) is 0 Å². The van der Waals surface area contributed by atoms with E-state index in [4.69, 9.17) is 4.74 Å². The smallest absolute Gasteiger partial charge is 0.271 e. The molecule has 0 atom stereocenters. The molecule has 0 spiro atoms. The lowest BCUT2D eigenvalue weighted by atomic mass is 10.1. The highest BCUT2D eigenvalue weighted by molar-refractivity contribution is 5.91. The van der Waals surface area contributed by atoms with Gasteiger partial charge >= 0.3 is 0 Å². The second-order valence-corrected chi connectivity index (χ2v) is 7.84. The molecule has 0 fully saturated rings. The van der Waals surface area contributed by atoms with Crippen LogP contribution in [0.4, 0.5) is 4.39 Å². The molecule has 2 heterocycles. The van der Waals surface area contributed by atoms with Gasteiger partial charge in [-0.3, -0.25) is 14.4 Å². The molecule has 1 N–H and O–H groups in total. The van der Waals surface area contributed by atoms with E-state index in [1.807, 2.05) is 31.2 Å². The molecule has 36 heavy (non-hydrogen) atoms. The molecule has 2 aromatic carbocycles. The number of amides is 1. The summed E-state index contributed by atoms with van der Waals surface area (Å²) in [6.07, 6.45) is 0. The van der Waals surface area contributed by atoms with Crippen LogP contribution in [0.3, 0.4) is 0 Å². The molecule has 4 aromatic rings. The van der Waals surface area contributed by atoms with Gasteiger partial charge in [-0.2, -0.15) is 10.2 Å². The van der Waals surface area contributed by atoms with Crippen LogP contribution in [0.2, 0.25) is 0 Å². The number of benzene rings is 2.